The second-order valence-corrected chi connectivity index (χ2v) is 4.90. The van der Waals surface area contributed by atoms with Crippen molar-refractivity contribution < 1.29 is 9.84 Å². The molecular weight excluding hydrogens is 252 g/mol. The van der Waals surface area contributed by atoms with E-state index in [1.54, 1.807) is 13.2 Å². The van der Waals surface area contributed by atoms with E-state index in [1.165, 1.54) is 0 Å². The summed E-state index contributed by atoms with van der Waals surface area (Å²) in [5, 5.41) is 13.1. The quantitative estimate of drug-likeness (QED) is 0.732. The van der Waals surface area contributed by atoms with E-state index in [2.05, 4.69) is 5.32 Å². The van der Waals surface area contributed by atoms with Gasteiger partial charge in [0, 0.05) is 0 Å². The molecule has 0 fully saturated rings. The van der Waals surface area contributed by atoms with E-state index in [0.29, 0.717) is 11.4 Å². The number of nitrogens with one attached hydrogen (secondary N) is 1. The number of nitrogens with two attached hydrogens (primary N) is 1. The van der Waals surface area contributed by atoms with Crippen LogP contribution in [0.3, 0.4) is 0 Å². The van der Waals surface area contributed by atoms with Gasteiger partial charge in [-0.2, -0.15) is 0 Å². The smallest absolute Gasteiger partial charge is 0.143 e. The number of aliphatic hydroxyl groups is 1. The predicted octanol–water partition coefficient (Wildman–Crippen LogP) is 2.60. The molecule has 0 aliphatic heterocycles. The second kappa shape index (κ2) is 5.84. The van der Waals surface area contributed by atoms with Crippen molar-refractivity contribution in [2.75, 3.05) is 24.8 Å². The Hall–Kier alpha value is -2.20. The number of nitrogen functional groups attached to an aromatic ring is 1. The number of hydrogen-bond donors (Lipinski definition) is 3. The van der Waals surface area contributed by atoms with Gasteiger partial charge in [0.05, 0.1) is 30.6 Å². The van der Waals surface area contributed by atoms with E-state index in [1.807, 2.05) is 49.4 Å². The van der Waals surface area contributed by atoms with Gasteiger partial charge in [-0.15, -0.1) is 0 Å². The van der Waals surface area contributed by atoms with Gasteiger partial charge in [-0.1, -0.05) is 36.4 Å². The van der Waals surface area contributed by atoms with E-state index in [4.69, 9.17) is 10.5 Å². The lowest BCUT2D eigenvalue weighted by Crippen LogP contribution is -2.36. The molecule has 1 unspecified atom stereocenters. The lowest BCUT2D eigenvalue weighted by Gasteiger charge is -2.31. The normalized spacial score (nSPS) is 13.6. The molecular formula is C16H20N2O2. The lowest BCUT2D eigenvalue weighted by atomic mass is 9.92. The summed E-state index contributed by atoms with van der Waals surface area (Å²) in [6.45, 7) is 1.88. The molecule has 20 heavy (non-hydrogen) atoms. The topological polar surface area (TPSA) is 67.5 Å². The fraction of sp³-hybridized carbons (Fsp3) is 0.250. The summed E-state index contributed by atoms with van der Waals surface area (Å²) in [4.78, 5) is 0. The van der Waals surface area contributed by atoms with Crippen LogP contribution < -0.4 is 15.8 Å². The van der Waals surface area contributed by atoms with E-state index in [-0.39, 0.29) is 6.61 Å². The van der Waals surface area contributed by atoms with Crippen LogP contribution in [0.4, 0.5) is 11.4 Å². The highest BCUT2D eigenvalue weighted by molar-refractivity contribution is 5.73. The second-order valence-electron chi connectivity index (χ2n) is 4.90. The zero-order valence-corrected chi connectivity index (χ0v) is 11.8. The first-order valence-corrected chi connectivity index (χ1v) is 6.48. The molecule has 0 aliphatic rings. The summed E-state index contributed by atoms with van der Waals surface area (Å²) in [6.07, 6.45) is 0. The van der Waals surface area contributed by atoms with E-state index in [0.717, 1.165) is 11.3 Å². The molecule has 0 aliphatic carbocycles. The summed E-state index contributed by atoms with van der Waals surface area (Å²) in [6, 6.07) is 15.3. The van der Waals surface area contributed by atoms with Crippen LogP contribution in [0.25, 0.3) is 0 Å². The highest BCUT2D eigenvalue weighted by Gasteiger charge is 2.26. The molecule has 2 aromatic rings. The molecule has 106 valence electrons. The van der Waals surface area contributed by atoms with E-state index in [9.17, 15) is 5.11 Å². The molecule has 2 aromatic carbocycles. The van der Waals surface area contributed by atoms with E-state index < -0.39 is 5.54 Å². The van der Waals surface area contributed by atoms with Crippen molar-refractivity contribution >= 4 is 11.4 Å². The van der Waals surface area contributed by atoms with Crippen molar-refractivity contribution in [2.45, 2.75) is 12.5 Å². The molecule has 0 aromatic heterocycles. The Morgan fingerprint density at radius 1 is 1.15 bits per heavy atom. The molecule has 2 rings (SSSR count). The van der Waals surface area contributed by atoms with Crippen LogP contribution in [0.5, 0.6) is 5.75 Å². The first-order chi connectivity index (χ1) is 9.60. The van der Waals surface area contributed by atoms with Crippen LogP contribution >= 0.6 is 0 Å². The van der Waals surface area contributed by atoms with Gasteiger partial charge in [-0.3, -0.25) is 0 Å². The monoisotopic (exact) mass is 272 g/mol. The van der Waals surface area contributed by atoms with Crippen LogP contribution in [0.1, 0.15) is 12.5 Å². The third kappa shape index (κ3) is 2.70. The molecule has 0 saturated carbocycles. The van der Waals surface area contributed by atoms with Crippen molar-refractivity contribution in [1.82, 2.24) is 0 Å². The summed E-state index contributed by atoms with van der Waals surface area (Å²) < 4.78 is 5.21. The van der Waals surface area contributed by atoms with Crippen LogP contribution in [0, 0.1) is 0 Å². The zero-order valence-electron chi connectivity index (χ0n) is 11.8. The maximum Gasteiger partial charge on any atom is 0.143 e. The highest BCUT2D eigenvalue weighted by Crippen LogP contribution is 2.33. The van der Waals surface area contributed by atoms with Crippen molar-refractivity contribution in [1.29, 1.82) is 0 Å². The molecule has 1 atom stereocenters. The molecule has 0 bridgehead atoms. The summed E-state index contributed by atoms with van der Waals surface area (Å²) in [7, 11) is 1.58. The number of hydrogen-bond acceptors (Lipinski definition) is 4. The first kappa shape index (κ1) is 14.2. The Labute approximate surface area is 119 Å². The molecule has 0 saturated heterocycles. The highest BCUT2D eigenvalue weighted by atomic mass is 16.5. The molecule has 0 radical (unpaired) electrons. The van der Waals surface area contributed by atoms with Gasteiger partial charge in [0.25, 0.3) is 0 Å². The van der Waals surface area contributed by atoms with Gasteiger partial charge in [-0.05, 0) is 24.6 Å². The minimum absolute atomic E-state index is 0.0480. The van der Waals surface area contributed by atoms with Crippen molar-refractivity contribution in [3.8, 4) is 5.75 Å². The van der Waals surface area contributed by atoms with Gasteiger partial charge >= 0.3 is 0 Å². The molecule has 4 N–H and O–H groups in total. The van der Waals surface area contributed by atoms with Crippen LogP contribution in [-0.2, 0) is 5.54 Å². The standard InChI is InChI=1S/C16H20N2O2/c1-16(11-19,12-7-4-3-5-8-12)18-13-9-6-10-14(20-2)15(13)17/h3-10,18-19H,11,17H2,1-2H3. The average Bonchev–Trinajstić information content (AvgIpc) is 2.50. The number of rotatable bonds is 5. The molecule has 0 heterocycles. The fourth-order valence-corrected chi connectivity index (χ4v) is 2.14. The van der Waals surface area contributed by atoms with Crippen molar-refractivity contribution in [3.05, 3.63) is 54.1 Å². The maximum absolute atomic E-state index is 9.78. The van der Waals surface area contributed by atoms with E-state index >= 15 is 0 Å². The number of benzene rings is 2. The summed E-state index contributed by atoms with van der Waals surface area (Å²) >= 11 is 0. The fourth-order valence-electron chi connectivity index (χ4n) is 2.14. The number of aliphatic hydroxyl groups excluding tert-OH is 1. The van der Waals surface area contributed by atoms with Gasteiger partial charge < -0.3 is 20.9 Å². The minimum Gasteiger partial charge on any atom is -0.495 e. The molecule has 4 nitrogen and oxygen atoms in total. The molecule has 0 amide bonds. The Balaban J connectivity index is 2.36. The SMILES string of the molecule is COc1cccc(NC(C)(CO)c2ccccc2)c1N. The van der Waals surface area contributed by atoms with Crippen LogP contribution in [0.15, 0.2) is 48.5 Å². The zero-order chi connectivity index (χ0) is 14.6. The Bertz CT molecular complexity index is 572. The Morgan fingerprint density at radius 2 is 1.85 bits per heavy atom. The number of para-hydroxylation sites is 1. The summed E-state index contributed by atoms with van der Waals surface area (Å²) in [5.41, 5.74) is 7.72. The van der Waals surface area contributed by atoms with Gasteiger partial charge in [0.2, 0.25) is 0 Å². The molecule has 0 spiro atoms. The summed E-state index contributed by atoms with van der Waals surface area (Å²) in [5.74, 6) is 0.614. The van der Waals surface area contributed by atoms with Crippen LogP contribution in [-0.4, -0.2) is 18.8 Å². The van der Waals surface area contributed by atoms with Gasteiger partial charge in [0.15, 0.2) is 0 Å². The first-order valence-electron chi connectivity index (χ1n) is 6.48. The minimum atomic E-state index is -0.609. The average molecular weight is 272 g/mol. The van der Waals surface area contributed by atoms with Crippen molar-refractivity contribution in [2.24, 2.45) is 0 Å². The Morgan fingerprint density at radius 3 is 2.45 bits per heavy atom. The molecule has 4 heteroatoms. The predicted molar refractivity (Wildman–Crippen MR) is 81.9 cm³/mol. The Kier molecular flexibility index (Phi) is 4.15. The third-order valence-electron chi connectivity index (χ3n) is 3.42. The van der Waals surface area contributed by atoms with Crippen molar-refractivity contribution in [3.63, 3.8) is 0 Å². The van der Waals surface area contributed by atoms with Gasteiger partial charge in [-0.25, -0.2) is 0 Å². The number of ether oxygens (including phenoxy) is 1. The van der Waals surface area contributed by atoms with Gasteiger partial charge in [0.1, 0.15) is 5.75 Å². The lowest BCUT2D eigenvalue weighted by molar-refractivity contribution is 0.224. The number of anilines is 2. The maximum atomic E-state index is 9.78. The number of methoxy groups -OCH3 is 1. The largest absolute Gasteiger partial charge is 0.495 e. The van der Waals surface area contributed by atoms with Crippen LogP contribution in [0.2, 0.25) is 0 Å². The third-order valence-corrected chi connectivity index (χ3v) is 3.42.